The molecule has 1 aliphatic rings. The normalized spacial score (nSPS) is 16.3. The van der Waals surface area contributed by atoms with E-state index in [0.717, 1.165) is 0 Å². The van der Waals surface area contributed by atoms with E-state index in [1.54, 1.807) is 26.3 Å². The molecule has 5 nitrogen and oxygen atoms in total. The number of carbonyl (C=O) groups is 1. The number of ether oxygens (including phenoxy) is 2. The lowest BCUT2D eigenvalue weighted by atomic mass is 9.86. The van der Waals surface area contributed by atoms with E-state index < -0.39 is 5.41 Å². The van der Waals surface area contributed by atoms with Gasteiger partial charge in [-0.15, -0.1) is 0 Å². The van der Waals surface area contributed by atoms with Crippen LogP contribution < -0.4 is 9.64 Å². The van der Waals surface area contributed by atoms with Crippen LogP contribution in [0.2, 0.25) is 0 Å². The number of nitrogens with zero attached hydrogens (tertiary/aromatic N) is 2. The molecule has 1 aromatic rings. The zero-order valence-corrected chi connectivity index (χ0v) is 10.3. The van der Waals surface area contributed by atoms with E-state index in [9.17, 15) is 4.79 Å². The molecule has 1 heterocycles. The summed E-state index contributed by atoms with van der Waals surface area (Å²) in [7, 11) is 3.18. The lowest BCUT2D eigenvalue weighted by molar-refractivity contribution is -0.146. The quantitative estimate of drug-likeness (QED) is 0.804. The van der Waals surface area contributed by atoms with E-state index in [1.807, 2.05) is 18.2 Å². The van der Waals surface area contributed by atoms with Gasteiger partial charge in [-0.3, -0.25) is 4.79 Å². The monoisotopic (exact) mass is 246 g/mol. The molecule has 1 aromatic carbocycles. The first-order valence-corrected chi connectivity index (χ1v) is 5.55. The molecule has 1 saturated heterocycles. The molecule has 1 amide bonds. The van der Waals surface area contributed by atoms with E-state index in [1.165, 1.54) is 4.90 Å². The maximum Gasteiger partial charge on any atom is 0.252 e. The highest BCUT2D eigenvalue weighted by atomic mass is 16.5. The fourth-order valence-corrected chi connectivity index (χ4v) is 1.88. The van der Waals surface area contributed by atoms with Gasteiger partial charge in [0.1, 0.15) is 5.75 Å². The number of benzene rings is 1. The highest BCUT2D eigenvalue weighted by molar-refractivity contribution is 6.00. The first-order valence-electron chi connectivity index (χ1n) is 5.55. The number of rotatable bonds is 3. The summed E-state index contributed by atoms with van der Waals surface area (Å²) in [4.78, 5) is 13.8. The summed E-state index contributed by atoms with van der Waals surface area (Å²) in [5.41, 5.74) is -0.401. The Balaban J connectivity index is 2.29. The number of hydrogen-bond donors (Lipinski definition) is 0. The topological polar surface area (TPSA) is 62.6 Å². The zero-order chi connectivity index (χ0) is 13.2. The molecule has 0 atom stereocenters. The van der Waals surface area contributed by atoms with Gasteiger partial charge in [0, 0.05) is 7.05 Å². The third-order valence-electron chi connectivity index (χ3n) is 3.07. The van der Waals surface area contributed by atoms with Crippen molar-refractivity contribution in [1.29, 1.82) is 5.26 Å². The van der Waals surface area contributed by atoms with Gasteiger partial charge < -0.3 is 14.4 Å². The van der Waals surface area contributed by atoms with Crippen molar-refractivity contribution in [3.63, 3.8) is 0 Å². The summed E-state index contributed by atoms with van der Waals surface area (Å²) < 4.78 is 10.2. The van der Waals surface area contributed by atoms with Crippen LogP contribution >= 0.6 is 0 Å². The Morgan fingerprint density at radius 3 is 2.67 bits per heavy atom. The largest absolute Gasteiger partial charge is 0.495 e. The lowest BCUT2D eigenvalue weighted by Gasteiger charge is -2.36. The molecule has 5 heteroatoms. The van der Waals surface area contributed by atoms with Gasteiger partial charge in [-0.1, -0.05) is 12.1 Å². The van der Waals surface area contributed by atoms with Gasteiger partial charge >= 0.3 is 0 Å². The van der Waals surface area contributed by atoms with Gasteiger partial charge in [0.05, 0.1) is 32.1 Å². The molecule has 1 aliphatic heterocycles. The predicted octanol–water partition coefficient (Wildman–Crippen LogP) is 1.20. The van der Waals surface area contributed by atoms with Crippen molar-refractivity contribution in [2.75, 3.05) is 32.3 Å². The molecular formula is C13H14N2O3. The summed E-state index contributed by atoms with van der Waals surface area (Å²) in [5, 5.41) is 9.12. The molecule has 94 valence electrons. The second-order valence-corrected chi connectivity index (χ2v) is 4.22. The SMILES string of the molecule is COc1ccccc1N(C)C(=O)C1(C#N)COC1. The smallest absolute Gasteiger partial charge is 0.252 e. The Hall–Kier alpha value is -2.06. The van der Waals surface area contributed by atoms with Gasteiger partial charge in [-0.05, 0) is 12.1 Å². The number of anilines is 1. The van der Waals surface area contributed by atoms with Crippen LogP contribution in [-0.4, -0.2) is 33.3 Å². The third-order valence-corrected chi connectivity index (χ3v) is 3.07. The van der Waals surface area contributed by atoms with Crippen LogP contribution in [0.1, 0.15) is 0 Å². The van der Waals surface area contributed by atoms with E-state index in [0.29, 0.717) is 11.4 Å². The molecule has 0 spiro atoms. The Kier molecular flexibility index (Phi) is 3.21. The molecule has 0 bridgehead atoms. The number of para-hydroxylation sites is 2. The van der Waals surface area contributed by atoms with Crippen molar-refractivity contribution >= 4 is 11.6 Å². The van der Waals surface area contributed by atoms with E-state index in [2.05, 4.69) is 0 Å². The van der Waals surface area contributed by atoms with E-state index in [4.69, 9.17) is 14.7 Å². The number of methoxy groups -OCH3 is 1. The van der Waals surface area contributed by atoms with Gasteiger partial charge in [0.15, 0.2) is 5.41 Å². The van der Waals surface area contributed by atoms with Crippen molar-refractivity contribution in [3.05, 3.63) is 24.3 Å². The average Bonchev–Trinajstić information content (AvgIpc) is 2.37. The summed E-state index contributed by atoms with van der Waals surface area (Å²) >= 11 is 0. The molecule has 0 saturated carbocycles. The van der Waals surface area contributed by atoms with Crippen molar-refractivity contribution < 1.29 is 14.3 Å². The molecule has 2 rings (SSSR count). The lowest BCUT2D eigenvalue weighted by Crippen LogP contribution is -2.53. The third kappa shape index (κ3) is 1.81. The predicted molar refractivity (Wildman–Crippen MR) is 65.3 cm³/mol. The van der Waals surface area contributed by atoms with Crippen molar-refractivity contribution in [2.45, 2.75) is 0 Å². The highest BCUT2D eigenvalue weighted by Gasteiger charge is 2.48. The Bertz CT molecular complexity index is 503. The number of amides is 1. The minimum absolute atomic E-state index is 0.155. The molecular weight excluding hydrogens is 232 g/mol. The second kappa shape index (κ2) is 4.67. The highest BCUT2D eigenvalue weighted by Crippen LogP contribution is 2.33. The first-order chi connectivity index (χ1) is 8.64. The summed E-state index contributed by atoms with van der Waals surface area (Å²) in [6.07, 6.45) is 0. The fourth-order valence-electron chi connectivity index (χ4n) is 1.88. The molecule has 18 heavy (non-hydrogen) atoms. The van der Waals surface area contributed by atoms with Gasteiger partial charge in [0.25, 0.3) is 5.91 Å². The molecule has 0 unspecified atom stereocenters. The van der Waals surface area contributed by atoms with Crippen LogP contribution in [0.5, 0.6) is 5.75 Å². The van der Waals surface area contributed by atoms with Crippen molar-refractivity contribution in [1.82, 2.24) is 0 Å². The van der Waals surface area contributed by atoms with E-state index >= 15 is 0 Å². The molecule has 0 radical (unpaired) electrons. The maximum absolute atomic E-state index is 12.3. The minimum Gasteiger partial charge on any atom is -0.495 e. The van der Waals surface area contributed by atoms with Crippen molar-refractivity contribution in [2.24, 2.45) is 5.41 Å². The van der Waals surface area contributed by atoms with Gasteiger partial charge in [-0.25, -0.2) is 0 Å². The first kappa shape index (κ1) is 12.4. The minimum atomic E-state index is -1.05. The number of carbonyl (C=O) groups excluding carboxylic acids is 1. The average molecular weight is 246 g/mol. The molecule has 0 aromatic heterocycles. The van der Waals surface area contributed by atoms with Gasteiger partial charge in [0.2, 0.25) is 0 Å². The Morgan fingerprint density at radius 2 is 2.17 bits per heavy atom. The van der Waals surface area contributed by atoms with E-state index in [-0.39, 0.29) is 19.1 Å². The maximum atomic E-state index is 12.3. The van der Waals surface area contributed by atoms with Crippen LogP contribution in [0.15, 0.2) is 24.3 Å². The second-order valence-electron chi connectivity index (χ2n) is 4.22. The van der Waals surface area contributed by atoms with Crippen LogP contribution in [0, 0.1) is 16.7 Å². The number of hydrogen-bond acceptors (Lipinski definition) is 4. The Morgan fingerprint density at radius 1 is 1.50 bits per heavy atom. The van der Waals surface area contributed by atoms with Crippen LogP contribution in [0.25, 0.3) is 0 Å². The summed E-state index contributed by atoms with van der Waals surface area (Å²) in [6.45, 7) is 0.309. The van der Waals surface area contributed by atoms with Crippen LogP contribution in [0.4, 0.5) is 5.69 Å². The molecule has 0 aliphatic carbocycles. The van der Waals surface area contributed by atoms with Crippen LogP contribution in [0.3, 0.4) is 0 Å². The zero-order valence-electron chi connectivity index (χ0n) is 10.3. The molecule has 0 N–H and O–H groups in total. The Labute approximate surface area is 106 Å². The van der Waals surface area contributed by atoms with Crippen molar-refractivity contribution in [3.8, 4) is 11.8 Å². The fraction of sp³-hybridized carbons (Fsp3) is 0.385. The van der Waals surface area contributed by atoms with Gasteiger partial charge in [-0.2, -0.15) is 5.26 Å². The summed E-state index contributed by atoms with van der Waals surface area (Å²) in [5.74, 6) is 0.336. The van der Waals surface area contributed by atoms with Crippen LogP contribution in [-0.2, 0) is 9.53 Å². The number of nitriles is 1. The standard InChI is InChI=1S/C13H14N2O3/c1-15(10-5-3-4-6-11(10)17-2)12(16)13(7-14)8-18-9-13/h3-6H,8-9H2,1-2H3. The molecule has 1 fully saturated rings. The summed E-state index contributed by atoms with van der Waals surface area (Å²) in [6, 6.07) is 9.24.